The standard InChI is InChI=1S/C17H16N2O/c1-11-7-4-5-10-14(11)16-18-19-17(20-16)15-12(2)8-6-9-13(15)3/h4-10H,1-3H3. The van der Waals surface area contributed by atoms with Crippen molar-refractivity contribution in [3.8, 4) is 22.9 Å². The Hall–Kier alpha value is -2.42. The van der Waals surface area contributed by atoms with Crippen LogP contribution in [0.1, 0.15) is 16.7 Å². The first-order valence-corrected chi connectivity index (χ1v) is 6.63. The zero-order chi connectivity index (χ0) is 14.1. The molecular weight excluding hydrogens is 248 g/mol. The van der Waals surface area contributed by atoms with E-state index < -0.39 is 0 Å². The van der Waals surface area contributed by atoms with Crippen LogP contribution in [0, 0.1) is 20.8 Å². The van der Waals surface area contributed by atoms with Crippen molar-refractivity contribution in [1.29, 1.82) is 0 Å². The van der Waals surface area contributed by atoms with Crippen molar-refractivity contribution >= 4 is 0 Å². The molecule has 0 unspecified atom stereocenters. The molecule has 0 aliphatic rings. The topological polar surface area (TPSA) is 38.9 Å². The smallest absolute Gasteiger partial charge is 0.248 e. The second-order valence-corrected chi connectivity index (χ2v) is 4.99. The van der Waals surface area contributed by atoms with E-state index in [9.17, 15) is 0 Å². The Kier molecular flexibility index (Phi) is 3.11. The van der Waals surface area contributed by atoms with Crippen LogP contribution in [-0.4, -0.2) is 10.2 Å². The minimum Gasteiger partial charge on any atom is -0.416 e. The van der Waals surface area contributed by atoms with Crippen LogP contribution in [0.2, 0.25) is 0 Å². The van der Waals surface area contributed by atoms with Gasteiger partial charge in [0.2, 0.25) is 11.8 Å². The molecular formula is C17H16N2O. The van der Waals surface area contributed by atoms with Crippen LogP contribution in [0.25, 0.3) is 22.9 Å². The van der Waals surface area contributed by atoms with E-state index in [1.54, 1.807) is 0 Å². The summed E-state index contributed by atoms with van der Waals surface area (Å²) in [5, 5.41) is 8.40. The molecule has 0 aliphatic heterocycles. The normalized spacial score (nSPS) is 10.8. The molecule has 0 saturated carbocycles. The molecule has 3 rings (SSSR count). The Morgan fingerprint density at radius 2 is 1.30 bits per heavy atom. The van der Waals surface area contributed by atoms with Gasteiger partial charge in [0.25, 0.3) is 0 Å². The molecule has 0 saturated heterocycles. The molecule has 0 radical (unpaired) electrons. The van der Waals surface area contributed by atoms with Crippen molar-refractivity contribution < 1.29 is 4.42 Å². The summed E-state index contributed by atoms with van der Waals surface area (Å²) in [5.41, 5.74) is 5.43. The van der Waals surface area contributed by atoms with E-state index in [4.69, 9.17) is 4.42 Å². The van der Waals surface area contributed by atoms with Gasteiger partial charge in [0.1, 0.15) is 0 Å². The van der Waals surface area contributed by atoms with Gasteiger partial charge in [-0.1, -0.05) is 36.4 Å². The molecule has 100 valence electrons. The fourth-order valence-corrected chi connectivity index (χ4v) is 2.40. The SMILES string of the molecule is Cc1ccccc1-c1nnc(-c2c(C)cccc2C)o1. The van der Waals surface area contributed by atoms with E-state index in [1.165, 1.54) is 0 Å². The van der Waals surface area contributed by atoms with Gasteiger partial charge in [0, 0.05) is 11.1 Å². The quantitative estimate of drug-likeness (QED) is 0.691. The summed E-state index contributed by atoms with van der Waals surface area (Å²) in [5.74, 6) is 1.15. The van der Waals surface area contributed by atoms with Crippen molar-refractivity contribution in [3.05, 3.63) is 59.2 Å². The molecule has 0 spiro atoms. The maximum Gasteiger partial charge on any atom is 0.248 e. The first-order chi connectivity index (χ1) is 9.66. The minimum atomic E-state index is 0.570. The fraction of sp³-hybridized carbons (Fsp3) is 0.176. The highest BCUT2D eigenvalue weighted by Gasteiger charge is 2.15. The Bertz CT molecular complexity index is 739. The van der Waals surface area contributed by atoms with Crippen molar-refractivity contribution in [3.63, 3.8) is 0 Å². The largest absolute Gasteiger partial charge is 0.416 e. The lowest BCUT2D eigenvalue weighted by molar-refractivity contribution is 0.583. The lowest BCUT2D eigenvalue weighted by atomic mass is 10.0. The third-order valence-electron chi connectivity index (χ3n) is 3.50. The van der Waals surface area contributed by atoms with Crippen LogP contribution in [0.4, 0.5) is 0 Å². The van der Waals surface area contributed by atoms with Gasteiger partial charge in [-0.05, 0) is 43.5 Å². The summed E-state index contributed by atoms with van der Waals surface area (Å²) in [6.45, 7) is 6.15. The minimum absolute atomic E-state index is 0.570. The Morgan fingerprint density at radius 1 is 0.700 bits per heavy atom. The zero-order valence-electron chi connectivity index (χ0n) is 11.8. The van der Waals surface area contributed by atoms with Gasteiger partial charge in [-0.25, -0.2) is 0 Å². The van der Waals surface area contributed by atoms with Crippen molar-refractivity contribution in [1.82, 2.24) is 10.2 Å². The van der Waals surface area contributed by atoms with Crippen LogP contribution in [0.5, 0.6) is 0 Å². The molecule has 0 atom stereocenters. The Labute approximate surface area is 118 Å². The molecule has 1 heterocycles. The van der Waals surface area contributed by atoms with Crippen LogP contribution >= 0.6 is 0 Å². The highest BCUT2D eigenvalue weighted by Crippen LogP contribution is 2.29. The summed E-state index contributed by atoms with van der Waals surface area (Å²) >= 11 is 0. The van der Waals surface area contributed by atoms with E-state index >= 15 is 0 Å². The number of hydrogen-bond donors (Lipinski definition) is 0. The van der Waals surface area contributed by atoms with Gasteiger partial charge in [0.05, 0.1) is 0 Å². The lowest BCUT2D eigenvalue weighted by Gasteiger charge is -2.04. The lowest BCUT2D eigenvalue weighted by Crippen LogP contribution is -1.87. The first-order valence-electron chi connectivity index (χ1n) is 6.63. The van der Waals surface area contributed by atoms with Gasteiger partial charge in [0.15, 0.2) is 0 Å². The van der Waals surface area contributed by atoms with Crippen molar-refractivity contribution in [2.45, 2.75) is 20.8 Å². The molecule has 20 heavy (non-hydrogen) atoms. The molecule has 3 aromatic rings. The van der Waals surface area contributed by atoms with Crippen molar-refractivity contribution in [2.24, 2.45) is 0 Å². The van der Waals surface area contributed by atoms with Gasteiger partial charge in [-0.15, -0.1) is 10.2 Å². The molecule has 3 nitrogen and oxygen atoms in total. The third kappa shape index (κ3) is 2.11. The molecule has 0 amide bonds. The zero-order valence-corrected chi connectivity index (χ0v) is 11.8. The number of aromatic nitrogens is 2. The number of rotatable bonds is 2. The second kappa shape index (κ2) is 4.93. The van der Waals surface area contributed by atoms with Crippen LogP contribution in [-0.2, 0) is 0 Å². The Balaban J connectivity index is 2.10. The van der Waals surface area contributed by atoms with Gasteiger partial charge in [-0.2, -0.15) is 0 Å². The molecule has 2 aromatic carbocycles. The summed E-state index contributed by atoms with van der Waals surface area (Å²) in [4.78, 5) is 0. The fourth-order valence-electron chi connectivity index (χ4n) is 2.40. The van der Waals surface area contributed by atoms with Gasteiger partial charge >= 0.3 is 0 Å². The molecule has 1 aromatic heterocycles. The van der Waals surface area contributed by atoms with E-state index in [0.29, 0.717) is 11.8 Å². The number of nitrogens with zero attached hydrogens (tertiary/aromatic N) is 2. The average molecular weight is 264 g/mol. The van der Waals surface area contributed by atoms with Crippen LogP contribution < -0.4 is 0 Å². The van der Waals surface area contributed by atoms with E-state index in [2.05, 4.69) is 36.2 Å². The highest BCUT2D eigenvalue weighted by molar-refractivity contribution is 5.65. The molecule has 0 bridgehead atoms. The third-order valence-corrected chi connectivity index (χ3v) is 3.50. The van der Waals surface area contributed by atoms with Crippen LogP contribution in [0.15, 0.2) is 46.9 Å². The van der Waals surface area contributed by atoms with Gasteiger partial charge < -0.3 is 4.42 Å². The molecule has 3 heteroatoms. The van der Waals surface area contributed by atoms with E-state index in [-0.39, 0.29) is 0 Å². The number of aryl methyl sites for hydroxylation is 3. The summed E-state index contributed by atoms with van der Waals surface area (Å²) in [6.07, 6.45) is 0. The van der Waals surface area contributed by atoms with Crippen LogP contribution in [0.3, 0.4) is 0 Å². The van der Waals surface area contributed by atoms with Crippen molar-refractivity contribution in [2.75, 3.05) is 0 Å². The van der Waals surface area contributed by atoms with E-state index in [0.717, 1.165) is 27.8 Å². The van der Waals surface area contributed by atoms with E-state index in [1.807, 2.05) is 37.3 Å². The summed E-state index contributed by atoms with van der Waals surface area (Å²) in [7, 11) is 0. The monoisotopic (exact) mass is 264 g/mol. The number of benzene rings is 2. The highest BCUT2D eigenvalue weighted by atomic mass is 16.4. The molecule has 0 fully saturated rings. The maximum atomic E-state index is 5.88. The second-order valence-electron chi connectivity index (χ2n) is 4.99. The molecule has 0 N–H and O–H groups in total. The Morgan fingerprint density at radius 3 is 2.00 bits per heavy atom. The predicted molar refractivity (Wildman–Crippen MR) is 79.4 cm³/mol. The maximum absolute atomic E-state index is 5.88. The first kappa shape index (κ1) is 12.6. The number of hydrogen-bond acceptors (Lipinski definition) is 3. The summed E-state index contributed by atoms with van der Waals surface area (Å²) < 4.78 is 5.88. The average Bonchev–Trinajstić information content (AvgIpc) is 2.88. The predicted octanol–water partition coefficient (Wildman–Crippen LogP) is 4.33. The molecule has 0 aliphatic carbocycles. The van der Waals surface area contributed by atoms with Gasteiger partial charge in [-0.3, -0.25) is 0 Å². The summed E-state index contributed by atoms with van der Waals surface area (Å²) in [6, 6.07) is 14.2.